The lowest BCUT2D eigenvalue weighted by atomic mass is 9.99. The maximum atomic E-state index is 10.5. The van der Waals surface area contributed by atoms with Gasteiger partial charge in [0.2, 0.25) is 0 Å². The predicted octanol–water partition coefficient (Wildman–Crippen LogP) is 2.93. The molecule has 1 unspecified atom stereocenters. The van der Waals surface area contributed by atoms with E-state index >= 15 is 0 Å². The Balaban J connectivity index is 0.000000409. The van der Waals surface area contributed by atoms with Crippen LogP contribution in [0.3, 0.4) is 0 Å². The number of carboxylic acid groups (broad SMARTS) is 2. The Hall–Kier alpha value is -1.88. The van der Waals surface area contributed by atoms with Crippen molar-refractivity contribution in [3.8, 4) is 0 Å². The van der Waals surface area contributed by atoms with Crippen molar-refractivity contribution in [1.29, 1.82) is 0 Å². The van der Waals surface area contributed by atoms with Gasteiger partial charge >= 0.3 is 11.9 Å². The molecule has 124 valence electrons. The quantitative estimate of drug-likeness (QED) is 0.685. The second-order valence-electron chi connectivity index (χ2n) is 5.25. The van der Waals surface area contributed by atoms with Crippen LogP contribution in [0.25, 0.3) is 0 Å². The van der Waals surface area contributed by atoms with E-state index in [1.165, 1.54) is 0 Å². The minimum absolute atomic E-state index is 0.102. The molecule has 22 heavy (non-hydrogen) atoms. The van der Waals surface area contributed by atoms with Gasteiger partial charge < -0.3 is 15.9 Å². The van der Waals surface area contributed by atoms with E-state index in [0.29, 0.717) is 6.42 Å². The smallest absolute Gasteiger partial charge is 0.320 e. The number of nitrogens with two attached hydrogens (primary N) is 1. The summed E-state index contributed by atoms with van der Waals surface area (Å²) < 4.78 is 0. The van der Waals surface area contributed by atoms with E-state index in [2.05, 4.69) is 0 Å². The number of rotatable bonds is 8. The molecule has 1 aromatic carbocycles. The van der Waals surface area contributed by atoms with Crippen molar-refractivity contribution in [3.05, 3.63) is 35.9 Å². The molecule has 0 spiro atoms. The van der Waals surface area contributed by atoms with Gasteiger partial charge in [0.05, 0.1) is 5.92 Å². The molecule has 0 fully saturated rings. The van der Waals surface area contributed by atoms with Crippen LogP contribution >= 0.6 is 0 Å². The summed E-state index contributed by atoms with van der Waals surface area (Å²) in [6, 6.07) is 8.54. The third-order valence-electron chi connectivity index (χ3n) is 3.24. The lowest BCUT2D eigenvalue weighted by Gasteiger charge is -2.07. The van der Waals surface area contributed by atoms with Gasteiger partial charge in [-0.15, -0.1) is 0 Å². The zero-order valence-corrected chi connectivity index (χ0v) is 13.4. The highest BCUT2D eigenvalue weighted by Crippen LogP contribution is 2.12. The van der Waals surface area contributed by atoms with Crippen molar-refractivity contribution >= 4 is 11.9 Å². The van der Waals surface area contributed by atoms with Crippen LogP contribution in [0.5, 0.6) is 0 Å². The van der Waals surface area contributed by atoms with Crippen LogP contribution in [-0.2, 0) is 16.0 Å². The van der Waals surface area contributed by atoms with E-state index in [1.807, 2.05) is 44.2 Å². The van der Waals surface area contributed by atoms with Crippen LogP contribution in [0, 0.1) is 5.92 Å². The Kier molecular flexibility index (Phi) is 10.7. The Bertz CT molecular complexity index is 428. The first-order valence-corrected chi connectivity index (χ1v) is 7.67. The molecule has 0 aliphatic carbocycles. The normalized spacial score (nSPS) is 11.5. The number of hydrogen-bond donors (Lipinski definition) is 3. The predicted molar refractivity (Wildman–Crippen MR) is 86.7 cm³/mol. The van der Waals surface area contributed by atoms with Crippen molar-refractivity contribution in [2.45, 2.75) is 52.0 Å². The van der Waals surface area contributed by atoms with Gasteiger partial charge in [0, 0.05) is 0 Å². The van der Waals surface area contributed by atoms with E-state index < -0.39 is 18.0 Å². The third-order valence-corrected chi connectivity index (χ3v) is 3.24. The van der Waals surface area contributed by atoms with Gasteiger partial charge in [0.1, 0.15) is 6.04 Å². The molecular weight excluding hydrogens is 282 g/mol. The number of aliphatic carboxylic acids is 2. The molecule has 0 amide bonds. The molecule has 0 aliphatic rings. The topological polar surface area (TPSA) is 101 Å². The van der Waals surface area contributed by atoms with Crippen molar-refractivity contribution in [2.75, 3.05) is 0 Å². The van der Waals surface area contributed by atoms with Gasteiger partial charge in [0.15, 0.2) is 0 Å². The van der Waals surface area contributed by atoms with E-state index in [-0.39, 0.29) is 5.92 Å². The molecular formula is C17H27NO4. The number of hydrogen-bond acceptors (Lipinski definition) is 3. The molecule has 0 bridgehead atoms. The number of benzene rings is 1. The summed E-state index contributed by atoms with van der Waals surface area (Å²) in [6.07, 6.45) is 3.97. The second kappa shape index (κ2) is 11.7. The third kappa shape index (κ3) is 9.13. The lowest BCUT2D eigenvalue weighted by Crippen LogP contribution is -2.32. The SMILES string of the molecule is CCCC(CCC)C(=O)O.NC(Cc1ccccc1)C(=O)O. The minimum Gasteiger partial charge on any atom is -0.481 e. The van der Waals surface area contributed by atoms with Crippen LogP contribution in [0.2, 0.25) is 0 Å². The molecule has 0 heterocycles. The average Bonchev–Trinajstić information content (AvgIpc) is 2.48. The Morgan fingerprint density at radius 1 is 1.00 bits per heavy atom. The van der Waals surface area contributed by atoms with Crippen LogP contribution in [0.1, 0.15) is 45.1 Å². The maximum Gasteiger partial charge on any atom is 0.320 e. The summed E-state index contributed by atoms with van der Waals surface area (Å²) in [6.45, 7) is 4.04. The van der Waals surface area contributed by atoms with Crippen LogP contribution in [0.15, 0.2) is 30.3 Å². The fraction of sp³-hybridized carbons (Fsp3) is 0.529. The zero-order chi connectivity index (χ0) is 17.0. The highest BCUT2D eigenvalue weighted by Gasteiger charge is 2.13. The summed E-state index contributed by atoms with van der Waals surface area (Å²) >= 11 is 0. The van der Waals surface area contributed by atoms with Gasteiger partial charge in [-0.05, 0) is 24.8 Å². The summed E-state index contributed by atoms with van der Waals surface area (Å²) in [5, 5.41) is 17.2. The first-order chi connectivity index (χ1) is 10.4. The molecule has 4 N–H and O–H groups in total. The molecule has 5 nitrogen and oxygen atoms in total. The van der Waals surface area contributed by atoms with Gasteiger partial charge in [-0.3, -0.25) is 9.59 Å². The van der Waals surface area contributed by atoms with Crippen molar-refractivity contribution in [1.82, 2.24) is 0 Å². The molecule has 0 saturated heterocycles. The van der Waals surface area contributed by atoms with Crippen LogP contribution in [-0.4, -0.2) is 28.2 Å². The number of carbonyl (C=O) groups is 2. The van der Waals surface area contributed by atoms with Crippen LogP contribution < -0.4 is 5.73 Å². The molecule has 0 radical (unpaired) electrons. The minimum atomic E-state index is -0.959. The molecule has 0 aliphatic heterocycles. The van der Waals surface area contributed by atoms with Gasteiger partial charge in [0.25, 0.3) is 0 Å². The van der Waals surface area contributed by atoms with Gasteiger partial charge in [-0.25, -0.2) is 0 Å². The Morgan fingerprint density at radius 2 is 1.50 bits per heavy atom. The highest BCUT2D eigenvalue weighted by molar-refractivity contribution is 5.73. The maximum absolute atomic E-state index is 10.5. The molecule has 1 aromatic rings. The molecule has 1 rings (SSSR count). The van der Waals surface area contributed by atoms with Crippen LogP contribution in [0.4, 0.5) is 0 Å². The lowest BCUT2D eigenvalue weighted by molar-refractivity contribution is -0.142. The first-order valence-electron chi connectivity index (χ1n) is 7.67. The standard InChI is InChI=1S/C9H11NO2.C8H16O2/c10-8(9(11)12)6-7-4-2-1-3-5-7;1-3-5-7(6-4-2)8(9)10/h1-5,8H,6,10H2,(H,11,12);7H,3-6H2,1-2H3,(H,9,10). The Labute approximate surface area is 132 Å². The summed E-state index contributed by atoms with van der Waals surface area (Å²) in [7, 11) is 0. The molecule has 0 aromatic heterocycles. The first kappa shape index (κ1) is 20.1. The van der Waals surface area contributed by atoms with Gasteiger partial charge in [-0.1, -0.05) is 57.0 Å². The van der Waals surface area contributed by atoms with Crippen molar-refractivity contribution < 1.29 is 19.8 Å². The average molecular weight is 309 g/mol. The van der Waals surface area contributed by atoms with Gasteiger partial charge in [-0.2, -0.15) is 0 Å². The molecule has 5 heteroatoms. The second-order valence-corrected chi connectivity index (χ2v) is 5.25. The van der Waals surface area contributed by atoms with Crippen molar-refractivity contribution in [3.63, 3.8) is 0 Å². The Morgan fingerprint density at radius 3 is 1.86 bits per heavy atom. The van der Waals surface area contributed by atoms with E-state index in [4.69, 9.17) is 15.9 Å². The van der Waals surface area contributed by atoms with Crippen molar-refractivity contribution in [2.24, 2.45) is 11.7 Å². The van der Waals surface area contributed by atoms with E-state index in [0.717, 1.165) is 31.2 Å². The molecule has 0 saturated carbocycles. The zero-order valence-electron chi connectivity index (χ0n) is 13.4. The van der Waals surface area contributed by atoms with E-state index in [1.54, 1.807) is 0 Å². The molecule has 1 atom stereocenters. The summed E-state index contributed by atoms with van der Waals surface area (Å²) in [5.74, 6) is -1.70. The number of carboxylic acids is 2. The van der Waals surface area contributed by atoms with E-state index in [9.17, 15) is 9.59 Å². The largest absolute Gasteiger partial charge is 0.481 e. The highest BCUT2D eigenvalue weighted by atomic mass is 16.4. The summed E-state index contributed by atoms with van der Waals surface area (Å²) in [5.41, 5.74) is 6.30. The fourth-order valence-electron chi connectivity index (χ4n) is 2.04. The fourth-order valence-corrected chi connectivity index (χ4v) is 2.04. The monoisotopic (exact) mass is 309 g/mol. The summed E-state index contributed by atoms with van der Waals surface area (Å²) in [4.78, 5) is 20.9.